The van der Waals surface area contributed by atoms with Crippen molar-refractivity contribution in [1.82, 2.24) is 4.90 Å². The molecule has 106 valence electrons. The summed E-state index contributed by atoms with van der Waals surface area (Å²) in [6.45, 7) is 4.19. The molecule has 0 aromatic heterocycles. The summed E-state index contributed by atoms with van der Waals surface area (Å²) in [5, 5.41) is 8.87. The molecule has 0 saturated heterocycles. The summed E-state index contributed by atoms with van der Waals surface area (Å²) in [6.07, 6.45) is 1.45. The summed E-state index contributed by atoms with van der Waals surface area (Å²) in [5.74, 6) is -2.09. The highest BCUT2D eigenvalue weighted by Gasteiger charge is 2.24. The molecule has 0 saturated carbocycles. The molecule has 6 heteroatoms. The van der Waals surface area contributed by atoms with Crippen LogP contribution in [0.3, 0.4) is 0 Å². The molecule has 1 amide bonds. The van der Waals surface area contributed by atoms with Crippen molar-refractivity contribution < 1.29 is 23.8 Å². The van der Waals surface area contributed by atoms with Crippen molar-refractivity contribution in [2.45, 2.75) is 13.0 Å². The van der Waals surface area contributed by atoms with Crippen LogP contribution in [0, 0.1) is 5.82 Å². The number of fused-ring (bicyclic) bond motifs is 1. The first-order valence-electron chi connectivity index (χ1n) is 6.10. The first kappa shape index (κ1) is 14.0. The average Bonchev–Trinajstić information content (AvgIpc) is 2.43. The van der Waals surface area contributed by atoms with Crippen LogP contribution in [0.1, 0.15) is 21.5 Å². The molecule has 5 nitrogen and oxygen atoms in total. The number of ether oxygens (including phenoxy) is 1. The van der Waals surface area contributed by atoms with Crippen LogP contribution >= 0.6 is 0 Å². The van der Waals surface area contributed by atoms with Crippen molar-refractivity contribution in [3.8, 4) is 0 Å². The van der Waals surface area contributed by atoms with Gasteiger partial charge < -0.3 is 14.7 Å². The minimum atomic E-state index is -1.29. The first-order chi connectivity index (χ1) is 9.52. The number of aromatic carboxylic acids is 1. The number of carboxylic acids is 1. The van der Waals surface area contributed by atoms with Crippen molar-refractivity contribution in [3.63, 3.8) is 0 Å². The maximum atomic E-state index is 13.6. The van der Waals surface area contributed by atoms with Crippen LogP contribution in [0.4, 0.5) is 9.18 Å². The Bertz CT molecular complexity index is 571. The van der Waals surface area contributed by atoms with Gasteiger partial charge >= 0.3 is 12.1 Å². The van der Waals surface area contributed by atoms with Gasteiger partial charge in [0.05, 0.1) is 5.56 Å². The SMILES string of the molecule is C=CCOC(=O)N1CCc2cc(C(=O)O)c(F)cc2C1. The van der Waals surface area contributed by atoms with Gasteiger partial charge in [-0.15, -0.1) is 0 Å². The van der Waals surface area contributed by atoms with Crippen molar-refractivity contribution >= 4 is 12.1 Å². The quantitative estimate of drug-likeness (QED) is 0.861. The molecule has 20 heavy (non-hydrogen) atoms. The van der Waals surface area contributed by atoms with Gasteiger partial charge in [0.25, 0.3) is 0 Å². The predicted molar refractivity (Wildman–Crippen MR) is 69.0 cm³/mol. The lowest BCUT2D eigenvalue weighted by Gasteiger charge is -2.28. The molecule has 0 radical (unpaired) electrons. The van der Waals surface area contributed by atoms with Crippen LogP contribution in [0.25, 0.3) is 0 Å². The highest BCUT2D eigenvalue weighted by atomic mass is 19.1. The lowest BCUT2D eigenvalue weighted by atomic mass is 9.97. The maximum Gasteiger partial charge on any atom is 0.410 e. The van der Waals surface area contributed by atoms with Gasteiger partial charge in [-0.05, 0) is 29.7 Å². The normalized spacial score (nSPS) is 13.6. The van der Waals surface area contributed by atoms with Gasteiger partial charge in [0.2, 0.25) is 0 Å². The van der Waals surface area contributed by atoms with E-state index >= 15 is 0 Å². The van der Waals surface area contributed by atoms with Gasteiger partial charge in [0, 0.05) is 13.1 Å². The maximum absolute atomic E-state index is 13.6. The van der Waals surface area contributed by atoms with Gasteiger partial charge in [-0.3, -0.25) is 0 Å². The zero-order valence-electron chi connectivity index (χ0n) is 10.8. The number of halogens is 1. The number of carbonyl (C=O) groups excluding carboxylic acids is 1. The van der Waals surface area contributed by atoms with Crippen molar-refractivity contribution in [1.29, 1.82) is 0 Å². The van der Waals surface area contributed by atoms with E-state index in [-0.39, 0.29) is 18.7 Å². The largest absolute Gasteiger partial charge is 0.478 e. The van der Waals surface area contributed by atoms with Gasteiger partial charge in [-0.25, -0.2) is 14.0 Å². The fourth-order valence-corrected chi connectivity index (χ4v) is 2.12. The van der Waals surface area contributed by atoms with E-state index in [0.717, 1.165) is 5.56 Å². The van der Waals surface area contributed by atoms with Gasteiger partial charge in [0.15, 0.2) is 0 Å². The topological polar surface area (TPSA) is 66.8 Å². The summed E-state index contributed by atoms with van der Waals surface area (Å²) < 4.78 is 18.5. The molecular formula is C14H14FNO4. The molecule has 1 aliphatic rings. The van der Waals surface area contributed by atoms with Crippen molar-refractivity contribution in [2.75, 3.05) is 13.2 Å². The molecule has 0 aliphatic carbocycles. The van der Waals surface area contributed by atoms with E-state index < -0.39 is 17.9 Å². The molecule has 1 aromatic carbocycles. The molecule has 2 rings (SSSR count). The van der Waals surface area contributed by atoms with Crippen LogP contribution < -0.4 is 0 Å². The number of hydrogen-bond acceptors (Lipinski definition) is 3. The summed E-state index contributed by atoms with van der Waals surface area (Å²) in [5.41, 5.74) is 1.01. The number of benzene rings is 1. The Hall–Kier alpha value is -2.37. The second-order valence-corrected chi connectivity index (χ2v) is 4.44. The Kier molecular flexibility index (Phi) is 4.02. The Balaban J connectivity index is 2.18. The smallest absolute Gasteiger partial charge is 0.410 e. The number of carbonyl (C=O) groups is 2. The Morgan fingerprint density at radius 2 is 2.20 bits per heavy atom. The Morgan fingerprint density at radius 3 is 2.85 bits per heavy atom. The van der Waals surface area contributed by atoms with Crippen LogP contribution in [0.2, 0.25) is 0 Å². The summed E-state index contributed by atoms with van der Waals surface area (Å²) in [4.78, 5) is 24.0. The highest BCUT2D eigenvalue weighted by molar-refractivity contribution is 5.88. The molecule has 1 N–H and O–H groups in total. The molecular weight excluding hydrogens is 265 g/mol. The minimum Gasteiger partial charge on any atom is -0.478 e. The third kappa shape index (κ3) is 2.79. The second-order valence-electron chi connectivity index (χ2n) is 4.44. The van der Waals surface area contributed by atoms with E-state index in [2.05, 4.69) is 6.58 Å². The molecule has 1 aromatic rings. The van der Waals surface area contributed by atoms with Gasteiger partial charge in [-0.1, -0.05) is 12.7 Å². The van der Waals surface area contributed by atoms with E-state index in [0.29, 0.717) is 18.5 Å². The Labute approximate surface area is 115 Å². The molecule has 0 bridgehead atoms. The monoisotopic (exact) mass is 279 g/mol. The molecule has 0 unspecified atom stereocenters. The lowest BCUT2D eigenvalue weighted by molar-refractivity contribution is 0.0691. The van der Waals surface area contributed by atoms with E-state index in [4.69, 9.17) is 9.84 Å². The zero-order valence-corrected chi connectivity index (χ0v) is 10.8. The minimum absolute atomic E-state index is 0.120. The number of rotatable bonds is 3. The molecule has 1 aliphatic heterocycles. The van der Waals surface area contributed by atoms with E-state index in [1.165, 1.54) is 23.1 Å². The number of carboxylic acid groups (broad SMARTS) is 1. The highest BCUT2D eigenvalue weighted by Crippen LogP contribution is 2.23. The average molecular weight is 279 g/mol. The summed E-state index contributed by atoms with van der Waals surface area (Å²) >= 11 is 0. The molecule has 1 heterocycles. The van der Waals surface area contributed by atoms with Crippen molar-refractivity contribution in [2.24, 2.45) is 0 Å². The van der Waals surface area contributed by atoms with Crippen LogP contribution in [0.5, 0.6) is 0 Å². The van der Waals surface area contributed by atoms with Crippen LogP contribution in [-0.2, 0) is 17.7 Å². The van der Waals surface area contributed by atoms with Crippen LogP contribution in [0.15, 0.2) is 24.8 Å². The van der Waals surface area contributed by atoms with Gasteiger partial charge in [0.1, 0.15) is 12.4 Å². The number of amides is 1. The first-order valence-corrected chi connectivity index (χ1v) is 6.10. The number of nitrogens with zero attached hydrogens (tertiary/aromatic N) is 1. The summed E-state index contributed by atoms with van der Waals surface area (Å²) in [7, 11) is 0. The third-order valence-electron chi connectivity index (χ3n) is 3.11. The standard InChI is InChI=1S/C14H14FNO4/c1-2-5-20-14(19)16-4-3-9-6-11(13(17)18)12(15)7-10(9)8-16/h2,6-7H,1,3-5,8H2,(H,17,18). The summed E-state index contributed by atoms with van der Waals surface area (Å²) in [6, 6.07) is 2.51. The zero-order chi connectivity index (χ0) is 14.7. The fraction of sp³-hybridized carbons (Fsp3) is 0.286. The molecule has 0 fully saturated rings. The van der Waals surface area contributed by atoms with E-state index in [1.807, 2.05) is 0 Å². The molecule has 0 atom stereocenters. The van der Waals surface area contributed by atoms with E-state index in [9.17, 15) is 14.0 Å². The molecule has 0 spiro atoms. The van der Waals surface area contributed by atoms with E-state index in [1.54, 1.807) is 0 Å². The third-order valence-corrected chi connectivity index (χ3v) is 3.11. The number of hydrogen-bond donors (Lipinski definition) is 1. The Morgan fingerprint density at radius 1 is 1.45 bits per heavy atom. The predicted octanol–water partition coefficient (Wildman–Crippen LogP) is 2.20. The van der Waals surface area contributed by atoms with Crippen LogP contribution in [-0.4, -0.2) is 35.2 Å². The van der Waals surface area contributed by atoms with Crippen molar-refractivity contribution in [3.05, 3.63) is 47.3 Å². The lowest BCUT2D eigenvalue weighted by Crippen LogP contribution is -2.36. The fourth-order valence-electron chi connectivity index (χ4n) is 2.12. The second kappa shape index (κ2) is 5.73. The van der Waals surface area contributed by atoms with Gasteiger partial charge in [-0.2, -0.15) is 0 Å².